The van der Waals surface area contributed by atoms with Crippen LogP contribution in [0.2, 0.25) is 0 Å². The van der Waals surface area contributed by atoms with Gasteiger partial charge in [0.1, 0.15) is 0 Å². The molecule has 1 aliphatic heterocycles. The Kier molecular flexibility index (Phi) is 8.05. The van der Waals surface area contributed by atoms with Crippen LogP contribution in [-0.2, 0) is 19.0 Å². The lowest BCUT2D eigenvalue weighted by atomic mass is 10.5. The molecule has 4 nitrogen and oxygen atoms in total. The molecule has 0 atom stereocenters. The van der Waals surface area contributed by atoms with Crippen LogP contribution in [0.1, 0.15) is 13.3 Å². The monoisotopic (exact) mass is 176 g/mol. The van der Waals surface area contributed by atoms with Gasteiger partial charge < -0.3 is 14.2 Å². The second kappa shape index (κ2) is 8.49. The zero-order valence-electron chi connectivity index (χ0n) is 7.67. The summed E-state index contributed by atoms with van der Waals surface area (Å²) in [6.07, 6.45) is 0.469. The second-order valence-electron chi connectivity index (χ2n) is 2.15. The molecule has 0 N–H and O–H groups in total. The summed E-state index contributed by atoms with van der Waals surface area (Å²) in [4.78, 5) is 9.96. The van der Waals surface area contributed by atoms with Crippen molar-refractivity contribution in [2.45, 2.75) is 13.3 Å². The topological polar surface area (TPSA) is 44.8 Å². The summed E-state index contributed by atoms with van der Waals surface area (Å²) in [6, 6.07) is 0. The first-order chi connectivity index (χ1) is 5.81. The summed E-state index contributed by atoms with van der Waals surface area (Å²) >= 11 is 0. The molecule has 0 aromatic carbocycles. The van der Waals surface area contributed by atoms with Crippen LogP contribution in [0.3, 0.4) is 0 Å². The third-order valence-electron chi connectivity index (χ3n) is 1.26. The van der Waals surface area contributed by atoms with E-state index in [9.17, 15) is 4.79 Å². The molecule has 1 fully saturated rings. The molecule has 0 radical (unpaired) electrons. The molecular formula is C8H16O4. The van der Waals surface area contributed by atoms with Crippen LogP contribution in [0.4, 0.5) is 0 Å². The fourth-order valence-electron chi connectivity index (χ4n) is 0.584. The molecule has 0 amide bonds. The molecular weight excluding hydrogens is 160 g/mol. The number of hydrogen-bond acceptors (Lipinski definition) is 4. The Labute approximate surface area is 72.8 Å². The summed E-state index contributed by atoms with van der Waals surface area (Å²) in [6.45, 7) is 4.87. The van der Waals surface area contributed by atoms with E-state index in [1.165, 1.54) is 7.11 Å². The predicted octanol–water partition coefficient (Wildman–Crippen LogP) is 0.603. The van der Waals surface area contributed by atoms with E-state index in [0.29, 0.717) is 6.42 Å². The molecule has 72 valence electrons. The molecule has 0 aromatic rings. The Morgan fingerprint density at radius 1 is 1.25 bits per heavy atom. The van der Waals surface area contributed by atoms with Gasteiger partial charge in [-0.15, -0.1) is 0 Å². The molecule has 0 unspecified atom stereocenters. The zero-order chi connectivity index (χ0) is 9.23. The molecule has 0 aromatic heterocycles. The van der Waals surface area contributed by atoms with E-state index in [4.69, 9.17) is 9.47 Å². The van der Waals surface area contributed by atoms with Gasteiger partial charge in [-0.3, -0.25) is 4.79 Å². The number of carbonyl (C=O) groups is 1. The Morgan fingerprint density at radius 2 is 1.67 bits per heavy atom. The SMILES string of the molecule is C1COCCO1.CCC(=O)OC. The third kappa shape index (κ3) is 7.50. The minimum absolute atomic E-state index is 0.157. The van der Waals surface area contributed by atoms with Crippen molar-refractivity contribution in [1.82, 2.24) is 0 Å². The minimum Gasteiger partial charge on any atom is -0.469 e. The van der Waals surface area contributed by atoms with Gasteiger partial charge in [0.05, 0.1) is 33.5 Å². The van der Waals surface area contributed by atoms with E-state index in [1.54, 1.807) is 6.92 Å². The van der Waals surface area contributed by atoms with Gasteiger partial charge >= 0.3 is 5.97 Å². The molecule has 0 bridgehead atoms. The number of carbonyl (C=O) groups excluding carboxylic acids is 1. The van der Waals surface area contributed by atoms with Crippen molar-refractivity contribution in [2.75, 3.05) is 33.5 Å². The minimum atomic E-state index is -0.157. The smallest absolute Gasteiger partial charge is 0.305 e. The Bertz CT molecular complexity index is 92.1. The molecule has 12 heavy (non-hydrogen) atoms. The van der Waals surface area contributed by atoms with E-state index in [-0.39, 0.29) is 5.97 Å². The summed E-state index contributed by atoms with van der Waals surface area (Å²) in [5.74, 6) is -0.157. The highest BCUT2D eigenvalue weighted by molar-refractivity contribution is 5.68. The van der Waals surface area contributed by atoms with Gasteiger partial charge in [-0.25, -0.2) is 0 Å². The van der Waals surface area contributed by atoms with Crippen LogP contribution in [0.5, 0.6) is 0 Å². The lowest BCUT2D eigenvalue weighted by Crippen LogP contribution is -2.16. The lowest BCUT2D eigenvalue weighted by Gasteiger charge is -2.09. The molecule has 1 heterocycles. The van der Waals surface area contributed by atoms with Crippen LogP contribution in [0.15, 0.2) is 0 Å². The quantitative estimate of drug-likeness (QED) is 0.549. The molecule has 1 rings (SSSR count). The highest BCUT2D eigenvalue weighted by Crippen LogP contribution is 1.85. The standard InChI is InChI=1S/2C4H8O2/c1-2-6-4-3-5-1;1-3-4(5)6-2/h1-4H2;3H2,1-2H3. The lowest BCUT2D eigenvalue weighted by molar-refractivity contribution is -0.140. The van der Waals surface area contributed by atoms with Crippen molar-refractivity contribution in [3.05, 3.63) is 0 Å². The summed E-state index contributed by atoms with van der Waals surface area (Å²) < 4.78 is 14.1. The van der Waals surface area contributed by atoms with Crippen molar-refractivity contribution in [1.29, 1.82) is 0 Å². The average molecular weight is 176 g/mol. The maximum atomic E-state index is 9.96. The Hall–Kier alpha value is -0.610. The fraction of sp³-hybridized carbons (Fsp3) is 0.875. The first-order valence-corrected chi connectivity index (χ1v) is 4.03. The number of rotatable bonds is 1. The van der Waals surface area contributed by atoms with Crippen LogP contribution >= 0.6 is 0 Å². The van der Waals surface area contributed by atoms with Gasteiger partial charge in [-0.2, -0.15) is 0 Å². The first-order valence-electron chi connectivity index (χ1n) is 4.03. The zero-order valence-corrected chi connectivity index (χ0v) is 7.67. The van der Waals surface area contributed by atoms with Gasteiger partial charge in [0, 0.05) is 6.42 Å². The van der Waals surface area contributed by atoms with Crippen LogP contribution < -0.4 is 0 Å². The number of methoxy groups -OCH3 is 1. The molecule has 1 saturated heterocycles. The molecule has 4 heteroatoms. The highest BCUT2D eigenvalue weighted by Gasteiger charge is 1.94. The van der Waals surface area contributed by atoms with E-state index < -0.39 is 0 Å². The fourth-order valence-corrected chi connectivity index (χ4v) is 0.584. The van der Waals surface area contributed by atoms with E-state index in [2.05, 4.69) is 4.74 Å². The molecule has 1 aliphatic rings. The summed E-state index contributed by atoms with van der Waals surface area (Å²) in [7, 11) is 1.38. The van der Waals surface area contributed by atoms with Gasteiger partial charge in [0.2, 0.25) is 0 Å². The summed E-state index contributed by atoms with van der Waals surface area (Å²) in [5, 5.41) is 0. The van der Waals surface area contributed by atoms with E-state index >= 15 is 0 Å². The maximum Gasteiger partial charge on any atom is 0.305 e. The normalized spacial score (nSPS) is 15.8. The highest BCUT2D eigenvalue weighted by atomic mass is 16.6. The van der Waals surface area contributed by atoms with Gasteiger partial charge in [0.25, 0.3) is 0 Å². The number of hydrogen-bond donors (Lipinski definition) is 0. The van der Waals surface area contributed by atoms with Gasteiger partial charge in [-0.05, 0) is 0 Å². The van der Waals surface area contributed by atoms with Gasteiger partial charge in [-0.1, -0.05) is 6.92 Å². The van der Waals surface area contributed by atoms with E-state index in [0.717, 1.165) is 26.4 Å². The third-order valence-corrected chi connectivity index (χ3v) is 1.26. The number of ether oxygens (including phenoxy) is 3. The van der Waals surface area contributed by atoms with Crippen molar-refractivity contribution in [3.8, 4) is 0 Å². The van der Waals surface area contributed by atoms with Crippen LogP contribution in [-0.4, -0.2) is 39.5 Å². The van der Waals surface area contributed by atoms with Crippen molar-refractivity contribution < 1.29 is 19.0 Å². The molecule has 0 spiro atoms. The van der Waals surface area contributed by atoms with Crippen molar-refractivity contribution in [2.24, 2.45) is 0 Å². The average Bonchev–Trinajstić information content (AvgIpc) is 2.20. The maximum absolute atomic E-state index is 9.96. The second-order valence-corrected chi connectivity index (χ2v) is 2.15. The molecule has 0 saturated carbocycles. The predicted molar refractivity (Wildman–Crippen MR) is 43.9 cm³/mol. The van der Waals surface area contributed by atoms with E-state index in [1.807, 2.05) is 0 Å². The van der Waals surface area contributed by atoms with Crippen molar-refractivity contribution >= 4 is 5.97 Å². The molecule has 0 aliphatic carbocycles. The van der Waals surface area contributed by atoms with Gasteiger partial charge in [0.15, 0.2) is 0 Å². The largest absolute Gasteiger partial charge is 0.469 e. The number of esters is 1. The Balaban J connectivity index is 0.000000202. The first kappa shape index (κ1) is 11.4. The summed E-state index contributed by atoms with van der Waals surface area (Å²) in [5.41, 5.74) is 0. The Morgan fingerprint density at radius 3 is 1.75 bits per heavy atom. The van der Waals surface area contributed by atoms with Crippen LogP contribution in [0.25, 0.3) is 0 Å². The van der Waals surface area contributed by atoms with Crippen molar-refractivity contribution in [3.63, 3.8) is 0 Å². The van der Waals surface area contributed by atoms with Crippen LogP contribution in [0, 0.1) is 0 Å².